The average Bonchev–Trinajstić information content (AvgIpc) is 3.20. The minimum Gasteiger partial charge on any atom is -0.384 e. The van der Waals surface area contributed by atoms with E-state index in [0.29, 0.717) is 24.1 Å². The van der Waals surface area contributed by atoms with Crippen LogP contribution >= 0.6 is 0 Å². The zero-order valence-corrected chi connectivity index (χ0v) is 15.0. The van der Waals surface area contributed by atoms with E-state index in [-0.39, 0.29) is 13.0 Å². The van der Waals surface area contributed by atoms with Gasteiger partial charge < -0.3 is 10.6 Å². The molecule has 4 heterocycles. The van der Waals surface area contributed by atoms with Crippen LogP contribution in [0.1, 0.15) is 19.3 Å². The number of halogens is 3. The van der Waals surface area contributed by atoms with Gasteiger partial charge in [0.05, 0.1) is 6.54 Å². The van der Waals surface area contributed by atoms with Crippen LogP contribution in [0.2, 0.25) is 0 Å². The molecule has 2 fully saturated rings. The van der Waals surface area contributed by atoms with Crippen LogP contribution in [-0.4, -0.2) is 58.3 Å². The quantitative estimate of drug-likeness (QED) is 0.883. The summed E-state index contributed by atoms with van der Waals surface area (Å²) in [4.78, 5) is 8.31. The number of nitrogens with zero attached hydrogens (tertiary/aromatic N) is 5. The Bertz CT molecular complexity index is 800. The Hall–Kier alpha value is -2.29. The number of hydrogen-bond donors (Lipinski definition) is 1. The van der Waals surface area contributed by atoms with Crippen LogP contribution < -0.4 is 10.6 Å². The molecular weight excluding hydrogens is 357 g/mol. The maximum atomic E-state index is 13.4. The molecule has 2 aromatic rings. The number of aromatic nitrogens is 3. The van der Waals surface area contributed by atoms with E-state index in [1.807, 2.05) is 11.0 Å². The highest BCUT2D eigenvalue weighted by molar-refractivity contribution is 5.57. The number of anilines is 2. The van der Waals surface area contributed by atoms with Gasteiger partial charge in [-0.05, 0) is 18.8 Å². The van der Waals surface area contributed by atoms with Crippen molar-refractivity contribution in [1.29, 1.82) is 0 Å². The number of alkyl halides is 2. The van der Waals surface area contributed by atoms with Gasteiger partial charge in [0.1, 0.15) is 5.82 Å². The van der Waals surface area contributed by atoms with Crippen molar-refractivity contribution in [1.82, 2.24) is 19.7 Å². The summed E-state index contributed by atoms with van der Waals surface area (Å²) in [5, 5.41) is 3.74. The van der Waals surface area contributed by atoms with Gasteiger partial charge in [-0.3, -0.25) is 4.90 Å². The monoisotopic (exact) mass is 380 g/mol. The number of pyridine rings is 1. The molecule has 0 spiro atoms. The Morgan fingerprint density at radius 2 is 1.96 bits per heavy atom. The molecule has 146 valence electrons. The lowest BCUT2D eigenvalue weighted by Crippen LogP contribution is -2.39. The van der Waals surface area contributed by atoms with E-state index in [9.17, 15) is 13.2 Å². The highest BCUT2D eigenvalue weighted by atomic mass is 19.3. The zero-order chi connectivity index (χ0) is 19.0. The van der Waals surface area contributed by atoms with Crippen molar-refractivity contribution >= 4 is 11.5 Å². The van der Waals surface area contributed by atoms with E-state index < -0.39 is 11.9 Å². The van der Waals surface area contributed by atoms with Crippen molar-refractivity contribution in [3.8, 4) is 5.82 Å². The summed E-state index contributed by atoms with van der Waals surface area (Å²) in [6, 6.07) is 4.90. The largest absolute Gasteiger partial charge is 0.384 e. The molecule has 2 N–H and O–H groups in total. The Balaban J connectivity index is 1.39. The third kappa shape index (κ3) is 4.18. The molecule has 4 rings (SSSR count). The fourth-order valence-corrected chi connectivity index (χ4v) is 3.95. The predicted octanol–water partition coefficient (Wildman–Crippen LogP) is 2.55. The van der Waals surface area contributed by atoms with E-state index in [4.69, 9.17) is 5.73 Å². The normalized spacial score (nSPS) is 21.1. The number of hydrogen-bond acceptors (Lipinski definition) is 5. The summed E-state index contributed by atoms with van der Waals surface area (Å²) in [5.41, 5.74) is 6.84. The number of nitrogens with two attached hydrogens (primary N) is 1. The van der Waals surface area contributed by atoms with Crippen molar-refractivity contribution in [2.45, 2.75) is 25.2 Å². The molecule has 0 bridgehead atoms. The van der Waals surface area contributed by atoms with Gasteiger partial charge in [-0.15, -0.1) is 5.10 Å². The zero-order valence-electron chi connectivity index (χ0n) is 15.0. The van der Waals surface area contributed by atoms with Crippen molar-refractivity contribution in [2.24, 2.45) is 5.92 Å². The van der Waals surface area contributed by atoms with Crippen LogP contribution in [-0.2, 0) is 0 Å². The first-order valence-electron chi connectivity index (χ1n) is 9.22. The molecule has 0 unspecified atom stereocenters. The van der Waals surface area contributed by atoms with Crippen molar-refractivity contribution in [3.63, 3.8) is 0 Å². The molecule has 0 aliphatic carbocycles. The summed E-state index contributed by atoms with van der Waals surface area (Å²) in [7, 11) is 0. The van der Waals surface area contributed by atoms with Crippen molar-refractivity contribution < 1.29 is 13.2 Å². The Kier molecular flexibility index (Phi) is 4.71. The summed E-state index contributed by atoms with van der Waals surface area (Å²) < 4.78 is 41.2. The molecule has 2 aromatic heterocycles. The molecule has 0 amide bonds. The summed E-state index contributed by atoms with van der Waals surface area (Å²) >= 11 is 0. The van der Waals surface area contributed by atoms with Gasteiger partial charge in [-0.1, -0.05) is 0 Å². The molecule has 2 aliphatic heterocycles. The first-order chi connectivity index (χ1) is 12.9. The van der Waals surface area contributed by atoms with Gasteiger partial charge in [-0.2, -0.15) is 4.39 Å². The fourth-order valence-electron chi connectivity index (χ4n) is 3.95. The van der Waals surface area contributed by atoms with Crippen LogP contribution in [0, 0.1) is 11.9 Å². The molecule has 6 nitrogen and oxygen atoms in total. The number of likely N-dealkylation sites (tertiary alicyclic amines) is 1. The molecule has 0 radical (unpaired) electrons. The Morgan fingerprint density at radius 1 is 1.19 bits per heavy atom. The minimum absolute atomic E-state index is 0.0288. The van der Waals surface area contributed by atoms with Crippen LogP contribution in [0.25, 0.3) is 5.82 Å². The summed E-state index contributed by atoms with van der Waals surface area (Å²) in [6.07, 6.45) is 3.35. The highest BCUT2D eigenvalue weighted by Crippen LogP contribution is 2.30. The van der Waals surface area contributed by atoms with Gasteiger partial charge in [0.25, 0.3) is 5.92 Å². The first kappa shape index (κ1) is 18.1. The van der Waals surface area contributed by atoms with Gasteiger partial charge in [0, 0.05) is 62.7 Å². The standard InChI is InChI=1S/C18H23F3N6/c19-15-3-7-27(24-15)17-10-14(9-16(22)23-17)26-5-1-13(2-6-26)11-25-8-4-18(20,21)12-25/h3,7,9-10,13H,1-2,4-6,8,11-12H2,(H2,22,23). The molecule has 9 heteroatoms. The van der Waals surface area contributed by atoms with E-state index >= 15 is 0 Å². The van der Waals surface area contributed by atoms with Crippen LogP contribution in [0.5, 0.6) is 0 Å². The average molecular weight is 380 g/mol. The molecule has 0 atom stereocenters. The fraction of sp³-hybridized carbons (Fsp3) is 0.556. The van der Waals surface area contributed by atoms with Gasteiger partial charge >= 0.3 is 0 Å². The molecule has 0 saturated carbocycles. The van der Waals surface area contributed by atoms with Gasteiger partial charge in [-0.25, -0.2) is 18.4 Å². The van der Waals surface area contributed by atoms with Crippen molar-refractivity contribution in [2.75, 3.05) is 43.4 Å². The molecular formula is C18H23F3N6. The van der Waals surface area contributed by atoms with Gasteiger partial charge in [0.2, 0.25) is 5.95 Å². The minimum atomic E-state index is -2.53. The number of nitrogen functional groups attached to an aromatic ring is 1. The van der Waals surface area contributed by atoms with E-state index in [0.717, 1.165) is 38.2 Å². The Labute approximate surface area is 155 Å². The number of piperidine rings is 1. The smallest absolute Gasteiger partial charge is 0.261 e. The van der Waals surface area contributed by atoms with Crippen LogP contribution in [0.3, 0.4) is 0 Å². The topological polar surface area (TPSA) is 63.2 Å². The maximum absolute atomic E-state index is 13.4. The number of rotatable bonds is 4. The first-order valence-corrected chi connectivity index (χ1v) is 9.22. The third-order valence-corrected chi connectivity index (χ3v) is 5.35. The highest BCUT2D eigenvalue weighted by Gasteiger charge is 2.38. The summed E-state index contributed by atoms with van der Waals surface area (Å²) in [5.74, 6) is -1.87. The van der Waals surface area contributed by atoms with E-state index in [2.05, 4.69) is 15.0 Å². The lowest BCUT2D eigenvalue weighted by molar-refractivity contribution is 0.0105. The summed E-state index contributed by atoms with van der Waals surface area (Å²) in [6.45, 7) is 2.76. The van der Waals surface area contributed by atoms with E-state index in [1.165, 1.54) is 16.9 Å². The van der Waals surface area contributed by atoms with Gasteiger partial charge in [0.15, 0.2) is 5.82 Å². The molecule has 2 saturated heterocycles. The SMILES string of the molecule is Nc1cc(N2CCC(CN3CCC(F)(F)C3)CC2)cc(-n2ccc(F)n2)n1. The second-order valence-corrected chi connectivity index (χ2v) is 7.46. The van der Waals surface area contributed by atoms with Crippen LogP contribution in [0.15, 0.2) is 24.4 Å². The third-order valence-electron chi connectivity index (χ3n) is 5.35. The molecule has 0 aromatic carbocycles. The Morgan fingerprint density at radius 3 is 2.59 bits per heavy atom. The second-order valence-electron chi connectivity index (χ2n) is 7.46. The molecule has 2 aliphatic rings. The van der Waals surface area contributed by atoms with Crippen molar-refractivity contribution in [3.05, 3.63) is 30.3 Å². The lowest BCUT2D eigenvalue weighted by Gasteiger charge is -2.35. The van der Waals surface area contributed by atoms with Crippen LogP contribution in [0.4, 0.5) is 24.7 Å². The van der Waals surface area contributed by atoms with E-state index in [1.54, 1.807) is 6.07 Å². The molecule has 27 heavy (non-hydrogen) atoms. The predicted molar refractivity (Wildman–Crippen MR) is 96.7 cm³/mol. The lowest BCUT2D eigenvalue weighted by atomic mass is 9.96. The maximum Gasteiger partial charge on any atom is 0.261 e. The second kappa shape index (κ2) is 7.03.